The van der Waals surface area contributed by atoms with Crippen molar-refractivity contribution in [2.24, 2.45) is 0 Å². The number of carboxylic acid groups (broad SMARTS) is 4. The molecule has 0 aliphatic rings. The first-order valence-electron chi connectivity index (χ1n) is 24.8. The Hall–Kier alpha value is -3.71. The van der Waals surface area contributed by atoms with Crippen molar-refractivity contribution in [1.82, 2.24) is 0 Å². The molecule has 0 aromatic heterocycles. The molecule has 9 nitrogen and oxygen atoms in total. The second-order valence-electron chi connectivity index (χ2n) is 17.0. The quantitative estimate of drug-likeness (QED) is 0.0291. The summed E-state index contributed by atoms with van der Waals surface area (Å²) in [6.07, 6.45) is 40.4. The molecule has 1 unspecified atom stereocenters. The molecule has 0 heterocycles. The minimum Gasteiger partial charge on any atom is -0.481 e. The van der Waals surface area contributed by atoms with Gasteiger partial charge in [-0.1, -0.05) is 254 Å². The molecule has 0 saturated heterocycles. The third kappa shape index (κ3) is 30.9. The van der Waals surface area contributed by atoms with E-state index in [9.17, 15) is 34.0 Å². The van der Waals surface area contributed by atoms with E-state index in [1.54, 1.807) is 60.7 Å². The van der Waals surface area contributed by atoms with Gasteiger partial charge in [0.1, 0.15) is 5.41 Å². The minimum absolute atomic E-state index is 0.292. The van der Waals surface area contributed by atoms with Crippen LogP contribution in [0.5, 0.6) is 0 Å². The van der Waals surface area contributed by atoms with E-state index in [1.807, 2.05) is 0 Å². The summed E-state index contributed by atoms with van der Waals surface area (Å²) in [6.45, 7) is 4.54. The molecule has 0 spiro atoms. The second kappa shape index (κ2) is 42.3. The van der Waals surface area contributed by atoms with Crippen LogP contribution in [0.15, 0.2) is 72.1 Å². The van der Waals surface area contributed by atoms with E-state index < -0.39 is 43.3 Å². The molecule has 1 atom stereocenters. The Kier molecular flexibility index (Phi) is 39.8. The van der Waals surface area contributed by atoms with Crippen LogP contribution in [0, 0.1) is 0 Å². The Morgan fingerprint density at radius 3 is 0.889 bits per heavy atom. The molecule has 0 aliphatic carbocycles. The maximum atomic E-state index is 12.2. The predicted molar refractivity (Wildman–Crippen MR) is 262 cm³/mol. The summed E-state index contributed by atoms with van der Waals surface area (Å²) < 4.78 is 11.1. The lowest BCUT2D eigenvalue weighted by molar-refractivity contribution is -0.144. The number of rotatable bonds is 38. The first kappa shape index (κ1) is 59.3. The number of hydrogen-bond acceptors (Lipinski definition) is 5. The summed E-state index contributed by atoms with van der Waals surface area (Å²) in [4.78, 5) is 44.6. The molecule has 10 heteroatoms. The van der Waals surface area contributed by atoms with E-state index >= 15 is 0 Å². The smallest absolute Gasteiger partial charge is 0.333 e. The lowest BCUT2D eigenvalue weighted by Crippen LogP contribution is -2.41. The highest BCUT2D eigenvalue weighted by atomic mass is 31.1. The second-order valence-corrected chi connectivity index (χ2v) is 17.6. The van der Waals surface area contributed by atoms with Gasteiger partial charge < -0.3 is 25.0 Å². The van der Waals surface area contributed by atoms with Gasteiger partial charge in [0.25, 0.3) is 0 Å². The number of benzene rings is 2. The van der Waals surface area contributed by atoms with Gasteiger partial charge in [0.15, 0.2) is 0 Å². The maximum Gasteiger partial charge on any atom is 0.333 e. The van der Waals surface area contributed by atoms with Crippen LogP contribution >= 0.6 is 8.46 Å². The Morgan fingerprint density at radius 1 is 0.429 bits per heavy atom. The highest BCUT2D eigenvalue weighted by molar-refractivity contribution is 7.27. The van der Waals surface area contributed by atoms with Gasteiger partial charge in [0.05, 0.1) is 14.0 Å². The van der Waals surface area contributed by atoms with E-state index in [-0.39, 0.29) is 0 Å². The van der Waals surface area contributed by atoms with Crippen LogP contribution in [0.1, 0.15) is 230 Å². The van der Waals surface area contributed by atoms with E-state index in [0.29, 0.717) is 24.0 Å². The van der Waals surface area contributed by atoms with Gasteiger partial charge in [0.2, 0.25) is 0 Å². The molecule has 358 valence electrons. The highest BCUT2D eigenvalue weighted by Crippen LogP contribution is 2.40. The topological polar surface area (TPSA) is 166 Å². The molecule has 0 bridgehead atoms. The van der Waals surface area contributed by atoms with Crippen LogP contribution in [0.3, 0.4) is 0 Å². The average molecular weight is 899 g/mol. The van der Waals surface area contributed by atoms with Gasteiger partial charge in [-0.15, -0.1) is 0 Å². The molecule has 0 aliphatic heterocycles. The highest BCUT2D eigenvalue weighted by Gasteiger charge is 2.48. The Morgan fingerprint density at radius 2 is 0.683 bits per heavy atom. The van der Waals surface area contributed by atoms with Crippen molar-refractivity contribution >= 4 is 32.3 Å². The lowest BCUT2D eigenvalue weighted by atomic mass is 9.69. The van der Waals surface area contributed by atoms with Gasteiger partial charge in [-0.2, -0.15) is 0 Å². The van der Waals surface area contributed by atoms with Gasteiger partial charge in [-0.3, -0.25) is 14.4 Å². The summed E-state index contributed by atoms with van der Waals surface area (Å²) in [7, 11) is -1.56. The summed E-state index contributed by atoms with van der Waals surface area (Å²) in [5.74, 6) is -3.06. The van der Waals surface area contributed by atoms with Gasteiger partial charge in [0, 0.05) is 12.8 Å². The molecule has 63 heavy (non-hydrogen) atoms. The normalized spacial score (nSPS) is 11.4. The fraction of sp³-hybridized carbons (Fsp3) is 0.660. The molecule has 2 aromatic carbocycles. The minimum atomic E-state index is -1.92. The average Bonchev–Trinajstić information content (AvgIpc) is 3.27. The SMILES string of the molecule is CCCCCCCCCCCCCCCCCC(=O)O.CCCCCCCCCCCCCCCCCC(=O)O.O=[PH2]C=C(C(=O)O)C(C(=O)O)(c1ccccc1)c1ccccc1. The summed E-state index contributed by atoms with van der Waals surface area (Å²) in [5.41, 5.74) is -1.76. The van der Waals surface area contributed by atoms with Crippen molar-refractivity contribution < 1.29 is 44.2 Å². The zero-order valence-corrected chi connectivity index (χ0v) is 40.5. The molecule has 0 fully saturated rings. The van der Waals surface area contributed by atoms with Gasteiger partial charge in [-0.25, -0.2) is 4.79 Å². The van der Waals surface area contributed by atoms with E-state index in [4.69, 9.17) is 10.2 Å². The molecular weight excluding hydrogens is 812 g/mol. The number of carboxylic acids is 4. The molecule has 0 saturated carbocycles. The van der Waals surface area contributed by atoms with Crippen molar-refractivity contribution in [3.05, 3.63) is 83.2 Å². The van der Waals surface area contributed by atoms with Crippen LogP contribution in [0.25, 0.3) is 0 Å². The number of hydrogen-bond donors (Lipinski definition) is 4. The molecule has 0 amide bonds. The number of carbonyl (C=O) groups is 4. The maximum absolute atomic E-state index is 12.2. The molecular formula is C53H87O9P. The zero-order chi connectivity index (χ0) is 46.7. The third-order valence-corrected chi connectivity index (χ3v) is 12.1. The first-order chi connectivity index (χ1) is 30.6. The lowest BCUT2D eigenvalue weighted by Gasteiger charge is -2.31. The molecule has 2 aromatic rings. The van der Waals surface area contributed by atoms with Crippen molar-refractivity contribution in [3.8, 4) is 0 Å². The standard InChI is InChI=1S/2C18H36O2.C17H15O5P/c2*1-2-3-4-5-6-7-8-9-10-11-12-13-14-15-16-17-18(19)20;18-15(19)14(11-23-22)17(16(20)21,12-7-3-1-4-8-12)13-9-5-2-6-10-13/h2*2-17H2,1H3,(H,19,20);1-11H,23H2,(H,18,19)(H,20,21). The van der Waals surface area contributed by atoms with E-state index in [0.717, 1.165) is 31.5 Å². The Bertz CT molecular complexity index is 1380. The fourth-order valence-corrected chi connectivity index (χ4v) is 8.46. The fourth-order valence-electron chi connectivity index (χ4n) is 7.94. The van der Waals surface area contributed by atoms with Gasteiger partial charge >= 0.3 is 23.9 Å². The zero-order valence-electron chi connectivity index (χ0n) is 39.4. The van der Waals surface area contributed by atoms with Crippen molar-refractivity contribution in [3.63, 3.8) is 0 Å². The number of aliphatic carboxylic acids is 4. The Balaban J connectivity index is 0.000000920. The third-order valence-electron chi connectivity index (χ3n) is 11.6. The van der Waals surface area contributed by atoms with Crippen molar-refractivity contribution in [2.45, 2.75) is 225 Å². The van der Waals surface area contributed by atoms with Crippen LogP contribution in [-0.2, 0) is 29.2 Å². The molecule has 4 N–H and O–H groups in total. The Labute approximate surface area is 383 Å². The number of unbranched alkanes of at least 4 members (excludes halogenated alkanes) is 28. The summed E-state index contributed by atoms with van der Waals surface area (Å²) in [6, 6.07) is 16.2. The summed E-state index contributed by atoms with van der Waals surface area (Å²) >= 11 is 0. The largest absolute Gasteiger partial charge is 0.481 e. The first-order valence-corrected chi connectivity index (χ1v) is 25.9. The molecule has 2 rings (SSSR count). The van der Waals surface area contributed by atoms with Crippen molar-refractivity contribution in [1.29, 1.82) is 0 Å². The summed E-state index contributed by atoms with van der Waals surface area (Å²) in [5, 5.41) is 36.6. The van der Waals surface area contributed by atoms with Crippen LogP contribution in [-0.4, -0.2) is 44.3 Å². The van der Waals surface area contributed by atoms with E-state index in [2.05, 4.69) is 13.8 Å². The van der Waals surface area contributed by atoms with Crippen LogP contribution in [0.4, 0.5) is 0 Å². The molecule has 0 radical (unpaired) electrons. The van der Waals surface area contributed by atoms with Crippen LogP contribution < -0.4 is 0 Å². The predicted octanol–water partition coefficient (Wildman–Crippen LogP) is 15.4. The monoisotopic (exact) mass is 899 g/mol. The van der Waals surface area contributed by atoms with Crippen LogP contribution in [0.2, 0.25) is 0 Å². The van der Waals surface area contributed by atoms with Gasteiger partial charge in [-0.05, 0) is 29.8 Å². The van der Waals surface area contributed by atoms with Crippen molar-refractivity contribution in [2.75, 3.05) is 0 Å². The van der Waals surface area contributed by atoms with E-state index in [1.165, 1.54) is 167 Å².